The van der Waals surface area contributed by atoms with Gasteiger partial charge < -0.3 is 10.1 Å². The molecule has 0 saturated carbocycles. The highest BCUT2D eigenvalue weighted by Gasteiger charge is 2.31. The van der Waals surface area contributed by atoms with E-state index in [0.717, 1.165) is 17.7 Å². The van der Waals surface area contributed by atoms with Crippen LogP contribution in [-0.2, 0) is 6.18 Å². The van der Waals surface area contributed by atoms with Crippen molar-refractivity contribution in [2.24, 2.45) is 5.10 Å². The molecule has 0 saturated heterocycles. The predicted octanol–water partition coefficient (Wildman–Crippen LogP) is 6.90. The number of ether oxygens (including phenoxy) is 1. The van der Waals surface area contributed by atoms with E-state index in [1.165, 1.54) is 42.6 Å². The highest BCUT2D eigenvalue weighted by molar-refractivity contribution is 6.31. The summed E-state index contributed by atoms with van der Waals surface area (Å²) in [4.78, 5) is 37.5. The van der Waals surface area contributed by atoms with Gasteiger partial charge in [-0.1, -0.05) is 35.4 Å². The standard InChI is InChI=1S/C30H21ClF3N3O4/c1-18-4-2-5-20(14-18)27(38)36-25-11-8-19(9-12-25)28(39)37-35-17-22-16-24(31)10-13-26(22)41-29(40)21-6-3-7-23(15-21)30(32,33)34/h2-17H,1H3,(H,36,38)(H,37,39)/b35-17+. The summed E-state index contributed by atoms with van der Waals surface area (Å²) < 4.78 is 44.3. The third-order valence-electron chi connectivity index (χ3n) is 5.66. The van der Waals surface area contributed by atoms with Gasteiger partial charge in [0, 0.05) is 27.4 Å². The summed E-state index contributed by atoms with van der Waals surface area (Å²) in [7, 11) is 0. The molecule has 0 aromatic heterocycles. The molecule has 0 unspecified atom stereocenters. The van der Waals surface area contributed by atoms with Crippen LogP contribution in [0.15, 0.2) is 96.1 Å². The van der Waals surface area contributed by atoms with Crippen LogP contribution in [0.3, 0.4) is 0 Å². The second kappa shape index (κ2) is 12.5. The van der Waals surface area contributed by atoms with Crippen molar-refractivity contribution < 1.29 is 32.3 Å². The number of hydrogen-bond acceptors (Lipinski definition) is 5. The lowest BCUT2D eigenvalue weighted by molar-refractivity contribution is -0.137. The molecule has 11 heteroatoms. The number of aryl methyl sites for hydroxylation is 1. The Morgan fingerprint density at radius 2 is 1.54 bits per heavy atom. The molecule has 208 valence electrons. The monoisotopic (exact) mass is 579 g/mol. The first-order valence-corrected chi connectivity index (χ1v) is 12.4. The van der Waals surface area contributed by atoms with Crippen LogP contribution in [0.5, 0.6) is 5.75 Å². The Hall–Kier alpha value is -4.96. The van der Waals surface area contributed by atoms with Gasteiger partial charge in [-0.05, 0) is 79.7 Å². The molecule has 0 atom stereocenters. The molecule has 2 amide bonds. The minimum Gasteiger partial charge on any atom is -0.422 e. The highest BCUT2D eigenvalue weighted by atomic mass is 35.5. The van der Waals surface area contributed by atoms with Crippen LogP contribution in [-0.4, -0.2) is 24.0 Å². The third kappa shape index (κ3) is 7.80. The van der Waals surface area contributed by atoms with Crippen LogP contribution < -0.4 is 15.5 Å². The van der Waals surface area contributed by atoms with Gasteiger partial charge >= 0.3 is 12.1 Å². The molecule has 0 spiro atoms. The van der Waals surface area contributed by atoms with Crippen molar-refractivity contribution in [2.45, 2.75) is 13.1 Å². The van der Waals surface area contributed by atoms with Crippen LogP contribution in [0.2, 0.25) is 5.02 Å². The number of carbonyl (C=O) groups excluding carboxylic acids is 3. The van der Waals surface area contributed by atoms with Gasteiger partial charge in [-0.25, -0.2) is 10.2 Å². The van der Waals surface area contributed by atoms with Crippen LogP contribution in [0, 0.1) is 6.92 Å². The van der Waals surface area contributed by atoms with Gasteiger partial charge in [0.15, 0.2) is 0 Å². The van der Waals surface area contributed by atoms with Crippen LogP contribution in [0.1, 0.15) is 47.8 Å². The second-order valence-corrected chi connectivity index (χ2v) is 9.19. The maximum Gasteiger partial charge on any atom is 0.416 e. The average Bonchev–Trinajstić information content (AvgIpc) is 2.94. The largest absolute Gasteiger partial charge is 0.422 e. The number of esters is 1. The molecule has 0 aliphatic carbocycles. The normalized spacial score (nSPS) is 11.2. The summed E-state index contributed by atoms with van der Waals surface area (Å²) in [6.07, 6.45) is -3.45. The summed E-state index contributed by atoms with van der Waals surface area (Å²) in [6, 6.07) is 21.2. The van der Waals surface area contributed by atoms with E-state index in [1.807, 2.05) is 13.0 Å². The number of benzene rings is 4. The van der Waals surface area contributed by atoms with E-state index < -0.39 is 23.6 Å². The molecule has 0 fully saturated rings. The van der Waals surface area contributed by atoms with Crippen LogP contribution in [0.25, 0.3) is 0 Å². The Labute approximate surface area is 237 Å². The van der Waals surface area contributed by atoms with Gasteiger partial charge in [-0.15, -0.1) is 0 Å². The molecular formula is C30H21ClF3N3O4. The fourth-order valence-corrected chi connectivity index (χ4v) is 3.79. The molecular weight excluding hydrogens is 559 g/mol. The Balaban J connectivity index is 1.40. The number of nitrogens with zero attached hydrogens (tertiary/aromatic N) is 1. The lowest BCUT2D eigenvalue weighted by Crippen LogP contribution is -2.18. The zero-order chi connectivity index (χ0) is 29.6. The Bertz CT molecular complexity index is 1640. The van der Waals surface area contributed by atoms with Crippen molar-refractivity contribution >= 4 is 41.3 Å². The van der Waals surface area contributed by atoms with E-state index in [2.05, 4.69) is 15.8 Å². The van der Waals surface area contributed by atoms with Gasteiger partial charge in [0.25, 0.3) is 11.8 Å². The number of anilines is 1. The first-order valence-electron chi connectivity index (χ1n) is 12.0. The molecule has 0 aliphatic heterocycles. The number of amides is 2. The molecule has 4 rings (SSSR count). The molecule has 0 aliphatic rings. The fourth-order valence-electron chi connectivity index (χ4n) is 3.61. The van der Waals surface area contributed by atoms with Crippen molar-refractivity contribution in [3.05, 3.63) is 129 Å². The molecule has 0 radical (unpaired) electrons. The van der Waals surface area contributed by atoms with Gasteiger partial charge in [-0.2, -0.15) is 18.3 Å². The van der Waals surface area contributed by atoms with Gasteiger partial charge in [-0.3, -0.25) is 9.59 Å². The number of halogens is 4. The van der Waals surface area contributed by atoms with Crippen LogP contribution >= 0.6 is 11.6 Å². The van der Waals surface area contributed by atoms with Crippen LogP contribution in [0.4, 0.5) is 18.9 Å². The lowest BCUT2D eigenvalue weighted by Gasteiger charge is -2.10. The molecule has 4 aromatic carbocycles. The Morgan fingerprint density at radius 1 is 0.829 bits per heavy atom. The van der Waals surface area contributed by atoms with Crippen molar-refractivity contribution in [2.75, 3.05) is 5.32 Å². The van der Waals surface area contributed by atoms with Crippen molar-refractivity contribution in [1.82, 2.24) is 5.43 Å². The quantitative estimate of drug-likeness (QED) is 0.108. The molecule has 0 bridgehead atoms. The number of hydrogen-bond donors (Lipinski definition) is 2. The second-order valence-electron chi connectivity index (χ2n) is 8.75. The first-order chi connectivity index (χ1) is 19.5. The van der Waals surface area contributed by atoms with Crippen molar-refractivity contribution in [1.29, 1.82) is 0 Å². The number of carbonyl (C=O) groups is 3. The van der Waals surface area contributed by atoms with Gasteiger partial charge in [0.2, 0.25) is 0 Å². The highest BCUT2D eigenvalue weighted by Crippen LogP contribution is 2.30. The van der Waals surface area contributed by atoms with E-state index in [-0.39, 0.29) is 33.4 Å². The van der Waals surface area contributed by atoms with Gasteiger partial charge in [0.1, 0.15) is 5.75 Å². The number of nitrogens with one attached hydrogen (secondary N) is 2. The maximum atomic E-state index is 13.0. The SMILES string of the molecule is Cc1cccc(C(=O)Nc2ccc(C(=O)N/N=C/c3cc(Cl)ccc3OC(=O)c3cccc(C(F)(F)F)c3)cc2)c1. The number of alkyl halides is 3. The van der Waals surface area contributed by atoms with E-state index in [1.54, 1.807) is 30.3 Å². The Kier molecular flexibility index (Phi) is 8.84. The van der Waals surface area contributed by atoms with E-state index in [9.17, 15) is 27.6 Å². The van der Waals surface area contributed by atoms with Crippen molar-refractivity contribution in [3.63, 3.8) is 0 Å². The Morgan fingerprint density at radius 3 is 2.24 bits per heavy atom. The van der Waals surface area contributed by atoms with Gasteiger partial charge in [0.05, 0.1) is 17.3 Å². The number of hydrazone groups is 1. The van der Waals surface area contributed by atoms with E-state index >= 15 is 0 Å². The topological polar surface area (TPSA) is 96.9 Å². The molecule has 2 N–H and O–H groups in total. The molecule has 0 heterocycles. The predicted molar refractivity (Wildman–Crippen MR) is 148 cm³/mol. The summed E-state index contributed by atoms with van der Waals surface area (Å²) in [5, 5.41) is 6.89. The maximum absolute atomic E-state index is 13.0. The van der Waals surface area contributed by atoms with E-state index in [4.69, 9.17) is 16.3 Å². The number of rotatable bonds is 7. The molecule has 41 heavy (non-hydrogen) atoms. The fraction of sp³-hybridized carbons (Fsp3) is 0.0667. The summed E-state index contributed by atoms with van der Waals surface area (Å²) in [5.74, 6) is -1.92. The van der Waals surface area contributed by atoms with Crippen molar-refractivity contribution in [3.8, 4) is 5.75 Å². The van der Waals surface area contributed by atoms with E-state index in [0.29, 0.717) is 17.3 Å². The molecule has 7 nitrogen and oxygen atoms in total. The summed E-state index contributed by atoms with van der Waals surface area (Å²) >= 11 is 6.03. The smallest absolute Gasteiger partial charge is 0.416 e. The zero-order valence-corrected chi connectivity index (χ0v) is 22.1. The lowest BCUT2D eigenvalue weighted by atomic mass is 10.1. The summed E-state index contributed by atoms with van der Waals surface area (Å²) in [5.41, 5.74) is 3.41. The minimum absolute atomic E-state index is 0.0384. The molecule has 4 aromatic rings. The minimum atomic E-state index is -4.62. The average molecular weight is 580 g/mol. The summed E-state index contributed by atoms with van der Waals surface area (Å²) in [6.45, 7) is 1.88. The zero-order valence-electron chi connectivity index (χ0n) is 21.3. The third-order valence-corrected chi connectivity index (χ3v) is 5.89. The first kappa shape index (κ1) is 29.0.